The quantitative estimate of drug-likeness (QED) is 0.718. The Labute approximate surface area is 145 Å². The Kier molecular flexibility index (Phi) is 5.48. The van der Waals surface area contributed by atoms with Gasteiger partial charge >= 0.3 is 0 Å². The summed E-state index contributed by atoms with van der Waals surface area (Å²) < 4.78 is 1.94. The van der Waals surface area contributed by atoms with Gasteiger partial charge in [0.05, 0.1) is 5.75 Å². The first-order valence-corrected chi connectivity index (χ1v) is 9.06. The van der Waals surface area contributed by atoms with E-state index in [9.17, 15) is 4.79 Å². The number of hydrogen-bond acceptors (Lipinski definition) is 4. The second kappa shape index (κ2) is 7.97. The molecule has 0 aliphatic carbocycles. The summed E-state index contributed by atoms with van der Waals surface area (Å²) in [7, 11) is 0. The van der Waals surface area contributed by atoms with Gasteiger partial charge in [-0.15, -0.1) is 22.0 Å². The highest BCUT2D eigenvalue weighted by Crippen LogP contribution is 2.13. The number of nitrogens with one attached hydrogen (secondary N) is 1. The van der Waals surface area contributed by atoms with E-state index in [1.165, 1.54) is 11.1 Å². The zero-order valence-electron chi connectivity index (χ0n) is 13.6. The second-order valence-corrected chi connectivity index (χ2v) is 6.61. The summed E-state index contributed by atoms with van der Waals surface area (Å²) in [5, 5.41) is 11.2. The van der Waals surface area contributed by atoms with Crippen molar-refractivity contribution in [3.63, 3.8) is 0 Å². The van der Waals surface area contributed by atoms with Gasteiger partial charge in [0.2, 0.25) is 5.91 Å². The molecule has 1 aromatic carbocycles. The highest BCUT2D eigenvalue weighted by atomic mass is 32.2. The maximum atomic E-state index is 11.9. The minimum Gasteiger partial charge on any atom is -0.355 e. The van der Waals surface area contributed by atoms with Crippen molar-refractivity contribution in [2.45, 2.75) is 19.1 Å². The number of benzene rings is 1. The topological polar surface area (TPSA) is 59.3 Å². The minimum atomic E-state index is 0.0569. The maximum Gasteiger partial charge on any atom is 0.230 e. The number of hydrogen-bond donors (Lipinski definition) is 1. The molecule has 0 spiro atoms. The lowest BCUT2D eigenvalue weighted by molar-refractivity contribution is -0.118. The van der Waals surface area contributed by atoms with E-state index < -0.39 is 0 Å². The molecule has 24 heavy (non-hydrogen) atoms. The van der Waals surface area contributed by atoms with E-state index in [4.69, 9.17) is 0 Å². The van der Waals surface area contributed by atoms with Gasteiger partial charge in [-0.05, 0) is 24.6 Å². The van der Waals surface area contributed by atoms with Gasteiger partial charge in [-0.1, -0.05) is 35.9 Å². The van der Waals surface area contributed by atoms with Crippen molar-refractivity contribution in [2.24, 2.45) is 0 Å². The standard InChI is InChI=1S/C18H20N4OS/c1-14-5-4-6-15(11-14)12-24-13-18(23)19-9-8-17-21-20-16-7-2-3-10-22(16)17/h2-7,10-11H,8-9,12-13H2,1H3,(H,19,23). The number of aromatic nitrogens is 3. The summed E-state index contributed by atoms with van der Waals surface area (Å²) in [6, 6.07) is 14.2. The van der Waals surface area contributed by atoms with E-state index in [1.54, 1.807) is 11.8 Å². The van der Waals surface area contributed by atoms with Crippen LogP contribution in [0.3, 0.4) is 0 Å². The van der Waals surface area contributed by atoms with Crippen LogP contribution >= 0.6 is 11.8 Å². The van der Waals surface area contributed by atoms with Crippen molar-refractivity contribution in [3.05, 3.63) is 65.6 Å². The molecule has 2 heterocycles. The van der Waals surface area contributed by atoms with Crippen LogP contribution < -0.4 is 5.32 Å². The van der Waals surface area contributed by atoms with Crippen molar-refractivity contribution in [2.75, 3.05) is 12.3 Å². The van der Waals surface area contributed by atoms with Crippen LogP contribution in [0.2, 0.25) is 0 Å². The molecule has 0 unspecified atom stereocenters. The minimum absolute atomic E-state index is 0.0569. The molecule has 6 heteroatoms. The van der Waals surface area contributed by atoms with Gasteiger partial charge in [0, 0.05) is 24.9 Å². The number of fused-ring (bicyclic) bond motifs is 1. The number of thioether (sulfide) groups is 1. The smallest absolute Gasteiger partial charge is 0.230 e. The maximum absolute atomic E-state index is 11.9. The van der Waals surface area contributed by atoms with Gasteiger partial charge in [-0.25, -0.2) is 0 Å². The molecule has 0 saturated heterocycles. The Morgan fingerprint density at radius 2 is 2.12 bits per heavy atom. The third kappa shape index (κ3) is 4.35. The van der Waals surface area contributed by atoms with E-state index in [0.717, 1.165) is 17.2 Å². The SMILES string of the molecule is Cc1cccc(CSCC(=O)NCCc2nnc3ccccn23)c1. The summed E-state index contributed by atoms with van der Waals surface area (Å²) in [6.45, 7) is 2.65. The number of pyridine rings is 1. The normalized spacial score (nSPS) is 10.9. The molecule has 5 nitrogen and oxygen atoms in total. The number of aryl methyl sites for hydroxylation is 1. The number of amides is 1. The van der Waals surface area contributed by atoms with Crippen molar-refractivity contribution < 1.29 is 4.79 Å². The van der Waals surface area contributed by atoms with Gasteiger partial charge in [-0.3, -0.25) is 9.20 Å². The lowest BCUT2D eigenvalue weighted by atomic mass is 10.2. The number of carbonyl (C=O) groups excluding carboxylic acids is 1. The van der Waals surface area contributed by atoms with E-state index in [-0.39, 0.29) is 5.91 Å². The third-order valence-corrected chi connectivity index (χ3v) is 4.64. The molecular formula is C18H20N4OS. The predicted molar refractivity (Wildman–Crippen MR) is 97.0 cm³/mol. The third-order valence-electron chi connectivity index (χ3n) is 3.64. The molecule has 1 N–H and O–H groups in total. The zero-order chi connectivity index (χ0) is 16.8. The van der Waals surface area contributed by atoms with Crippen LogP contribution in [0.25, 0.3) is 5.65 Å². The fourth-order valence-corrected chi connectivity index (χ4v) is 3.29. The average molecular weight is 340 g/mol. The van der Waals surface area contributed by atoms with Gasteiger partial charge in [0.1, 0.15) is 5.82 Å². The van der Waals surface area contributed by atoms with Crippen LogP contribution in [0.15, 0.2) is 48.7 Å². The van der Waals surface area contributed by atoms with Crippen molar-refractivity contribution in [1.82, 2.24) is 19.9 Å². The van der Waals surface area contributed by atoms with E-state index in [2.05, 4.69) is 40.6 Å². The predicted octanol–water partition coefficient (Wildman–Crippen LogP) is 2.63. The van der Waals surface area contributed by atoms with Gasteiger partial charge in [-0.2, -0.15) is 0 Å². The van der Waals surface area contributed by atoms with Gasteiger partial charge in [0.25, 0.3) is 0 Å². The monoisotopic (exact) mass is 340 g/mol. The highest BCUT2D eigenvalue weighted by Gasteiger charge is 2.06. The Morgan fingerprint density at radius 3 is 3.00 bits per heavy atom. The van der Waals surface area contributed by atoms with Gasteiger partial charge in [0.15, 0.2) is 5.65 Å². The summed E-state index contributed by atoms with van der Waals surface area (Å²) in [4.78, 5) is 11.9. The largest absolute Gasteiger partial charge is 0.355 e. The van der Waals surface area contributed by atoms with Crippen LogP contribution in [0, 0.1) is 6.92 Å². The van der Waals surface area contributed by atoms with Crippen LogP contribution in [0.5, 0.6) is 0 Å². The molecule has 124 valence electrons. The second-order valence-electron chi connectivity index (χ2n) is 5.63. The van der Waals surface area contributed by atoms with E-state index in [0.29, 0.717) is 18.7 Å². The summed E-state index contributed by atoms with van der Waals surface area (Å²) in [6.07, 6.45) is 2.60. The molecule has 0 aliphatic heterocycles. The van der Waals surface area contributed by atoms with E-state index >= 15 is 0 Å². The molecule has 3 aromatic rings. The number of nitrogens with zero attached hydrogens (tertiary/aromatic N) is 3. The molecule has 0 fully saturated rings. The Morgan fingerprint density at radius 1 is 1.21 bits per heavy atom. The Bertz CT molecular complexity index is 831. The first-order valence-electron chi connectivity index (χ1n) is 7.91. The molecule has 3 rings (SSSR count). The fraction of sp³-hybridized carbons (Fsp3) is 0.278. The first kappa shape index (κ1) is 16.5. The van der Waals surface area contributed by atoms with Crippen molar-refractivity contribution in [1.29, 1.82) is 0 Å². The van der Waals surface area contributed by atoms with Gasteiger partial charge < -0.3 is 5.32 Å². The molecular weight excluding hydrogens is 320 g/mol. The number of rotatable bonds is 7. The lowest BCUT2D eigenvalue weighted by Crippen LogP contribution is -2.27. The summed E-state index contributed by atoms with van der Waals surface area (Å²) in [5.74, 6) is 2.23. The summed E-state index contributed by atoms with van der Waals surface area (Å²) in [5.41, 5.74) is 3.33. The molecule has 0 atom stereocenters. The van der Waals surface area contributed by atoms with Crippen LogP contribution in [-0.2, 0) is 17.0 Å². The van der Waals surface area contributed by atoms with Crippen LogP contribution in [-0.4, -0.2) is 32.8 Å². The molecule has 0 saturated carbocycles. The van der Waals surface area contributed by atoms with E-state index in [1.807, 2.05) is 34.9 Å². The molecule has 0 bridgehead atoms. The zero-order valence-corrected chi connectivity index (χ0v) is 14.4. The first-order chi connectivity index (χ1) is 11.7. The van der Waals surface area contributed by atoms with Crippen molar-refractivity contribution >= 4 is 23.3 Å². The Hall–Kier alpha value is -2.34. The lowest BCUT2D eigenvalue weighted by Gasteiger charge is -2.05. The molecule has 1 amide bonds. The molecule has 0 radical (unpaired) electrons. The van der Waals surface area contributed by atoms with Crippen molar-refractivity contribution in [3.8, 4) is 0 Å². The Balaban J connectivity index is 1.40. The van der Waals surface area contributed by atoms with Crippen LogP contribution in [0.1, 0.15) is 17.0 Å². The average Bonchev–Trinajstić information content (AvgIpc) is 2.98. The molecule has 0 aliphatic rings. The highest BCUT2D eigenvalue weighted by molar-refractivity contribution is 7.99. The molecule has 2 aromatic heterocycles. The fourth-order valence-electron chi connectivity index (χ4n) is 2.49. The van der Waals surface area contributed by atoms with Crippen LogP contribution in [0.4, 0.5) is 0 Å². The summed E-state index contributed by atoms with van der Waals surface area (Å²) >= 11 is 1.63. The number of carbonyl (C=O) groups is 1.